The summed E-state index contributed by atoms with van der Waals surface area (Å²) in [7, 11) is -2.58. The van der Waals surface area contributed by atoms with Crippen LogP contribution in [-0.4, -0.2) is 0 Å². The van der Waals surface area contributed by atoms with Gasteiger partial charge in [0.2, 0.25) is 0 Å². The van der Waals surface area contributed by atoms with Crippen molar-refractivity contribution in [3.8, 4) is 44.9 Å². The molecule has 0 saturated heterocycles. The van der Waals surface area contributed by atoms with Gasteiger partial charge in [-0.05, 0) is 161 Å². The zero-order chi connectivity index (χ0) is 45.3. The molecule has 0 aromatic heterocycles. The lowest BCUT2D eigenvalue weighted by atomic mass is 9.76. The summed E-state index contributed by atoms with van der Waals surface area (Å²) >= 11 is 0. The van der Waals surface area contributed by atoms with Gasteiger partial charge < -0.3 is 9.05 Å². The van der Waals surface area contributed by atoms with Crippen molar-refractivity contribution in [2.45, 2.75) is 92.9 Å². The number of fused-ring (bicyclic) bond motifs is 2. The maximum Gasteiger partial charge on any atom is 0.150 e. The Morgan fingerprint density at radius 1 is 0.348 bits per heavy atom. The molecule has 0 heterocycles. The molecule has 0 spiro atoms. The van der Waals surface area contributed by atoms with Gasteiger partial charge in [-0.3, -0.25) is 0 Å². The van der Waals surface area contributed by atoms with E-state index in [9.17, 15) is 0 Å². The Labute approximate surface area is 395 Å². The first-order valence-corrected chi connectivity index (χ1v) is 26.5. The Hall–Kier alpha value is -5.78. The summed E-state index contributed by atoms with van der Waals surface area (Å²) in [5.74, 6) is 1.97. The molecule has 2 nitrogen and oxygen atoms in total. The van der Waals surface area contributed by atoms with Crippen molar-refractivity contribution in [1.29, 1.82) is 0 Å². The van der Waals surface area contributed by atoms with E-state index in [1.165, 1.54) is 123 Å². The van der Waals surface area contributed by atoms with Gasteiger partial charge in [0, 0.05) is 43.5 Å². The monoisotopic (exact) mass is 898 g/mol. The van der Waals surface area contributed by atoms with Crippen LogP contribution in [0.1, 0.15) is 81.3 Å². The molecule has 10 rings (SSSR count). The summed E-state index contributed by atoms with van der Waals surface area (Å²) in [6.45, 7) is 13.6. The van der Waals surface area contributed by atoms with Crippen LogP contribution in [0.2, 0.25) is 0 Å². The van der Waals surface area contributed by atoms with Gasteiger partial charge in [-0.1, -0.05) is 157 Å². The molecule has 0 radical (unpaired) electrons. The summed E-state index contributed by atoms with van der Waals surface area (Å²) in [4.78, 5) is 0. The van der Waals surface area contributed by atoms with E-state index in [2.05, 4.69) is 199 Å². The Kier molecular flexibility index (Phi) is 12.8. The predicted octanol–water partition coefficient (Wildman–Crippen LogP) is 15.1. The first-order valence-electron chi connectivity index (χ1n) is 23.9. The number of aryl methyl sites for hydroxylation is 7. The normalized spacial score (nSPS) is 13.4. The minimum Gasteiger partial charge on any atom is -0.463 e. The average molecular weight is 899 g/mol. The van der Waals surface area contributed by atoms with Gasteiger partial charge in [0.1, 0.15) is 11.5 Å². The summed E-state index contributed by atoms with van der Waals surface area (Å²) in [5.41, 5.74) is 20.8. The molecule has 8 aromatic carbocycles. The van der Waals surface area contributed by atoms with Gasteiger partial charge in [0.25, 0.3) is 0 Å². The lowest BCUT2D eigenvalue weighted by molar-refractivity contribution is 0.612. The lowest BCUT2D eigenvalue weighted by Crippen LogP contribution is -2.19. The second-order valence-corrected chi connectivity index (χ2v) is 22.2. The Morgan fingerprint density at radius 3 is 1.15 bits per heavy atom. The van der Waals surface area contributed by atoms with Crippen LogP contribution in [0.25, 0.3) is 33.4 Å². The highest BCUT2D eigenvalue weighted by Crippen LogP contribution is 2.58. The molecule has 66 heavy (non-hydrogen) atoms. The minimum absolute atomic E-state index is 0.985. The molecule has 0 amide bonds. The quantitative estimate of drug-likeness (QED) is 0.120. The summed E-state index contributed by atoms with van der Waals surface area (Å²) in [6, 6.07) is 58.3. The van der Waals surface area contributed by atoms with Crippen LogP contribution < -0.4 is 30.3 Å². The Morgan fingerprint density at radius 2 is 0.712 bits per heavy atom. The molecule has 4 heteroatoms. The summed E-state index contributed by atoms with van der Waals surface area (Å²) in [5, 5.41) is 4.78. The van der Waals surface area contributed by atoms with Crippen molar-refractivity contribution in [1.82, 2.24) is 0 Å². The van der Waals surface area contributed by atoms with Crippen molar-refractivity contribution >= 4 is 37.5 Å². The first kappa shape index (κ1) is 44.1. The van der Waals surface area contributed by atoms with E-state index < -0.39 is 16.3 Å². The highest BCUT2D eigenvalue weighted by atomic mass is 31.1. The Balaban J connectivity index is 1.38. The molecular weight excluding hydrogens is 839 g/mol. The molecule has 0 N–H and O–H groups in total. The van der Waals surface area contributed by atoms with Crippen molar-refractivity contribution in [2.24, 2.45) is 0 Å². The van der Waals surface area contributed by atoms with Crippen LogP contribution in [0.3, 0.4) is 0 Å². The van der Waals surface area contributed by atoms with E-state index in [4.69, 9.17) is 9.05 Å². The molecule has 0 bridgehead atoms. The second kappa shape index (κ2) is 19.2. The Bertz CT molecular complexity index is 2930. The molecule has 0 fully saturated rings. The average Bonchev–Trinajstić information content (AvgIpc) is 3.34. The fourth-order valence-electron chi connectivity index (χ4n) is 10.7. The van der Waals surface area contributed by atoms with E-state index >= 15 is 0 Å². The summed E-state index contributed by atoms with van der Waals surface area (Å²) in [6.07, 6.45) is 8.71. The van der Waals surface area contributed by atoms with Gasteiger partial charge in [-0.2, -0.15) is 0 Å². The molecule has 0 saturated carbocycles. The zero-order valence-corrected chi connectivity index (χ0v) is 41.2. The first-order chi connectivity index (χ1) is 32.2. The van der Waals surface area contributed by atoms with E-state index in [-0.39, 0.29) is 0 Å². The van der Waals surface area contributed by atoms with Crippen LogP contribution in [0.5, 0.6) is 11.5 Å². The molecule has 2 aliphatic carbocycles. The lowest BCUT2D eigenvalue weighted by Gasteiger charge is -2.33. The predicted molar refractivity (Wildman–Crippen MR) is 284 cm³/mol. The highest BCUT2D eigenvalue weighted by Gasteiger charge is 2.35. The molecule has 330 valence electrons. The largest absolute Gasteiger partial charge is 0.463 e. The summed E-state index contributed by atoms with van der Waals surface area (Å²) < 4.78 is 16.2. The number of rotatable bonds is 11. The number of hydrogen-bond acceptors (Lipinski definition) is 2. The standard InChI is InChI=1S/C62H60O2P2/c1-41-36-44(4)58(45(5)37-41)57-40-48-24-20-22-34-54(48)60(62(57)64-66(51-29-15-9-16-30-51)52-31-17-10-18-32-52)59-53-33-21-19-23-47(53)39-56(55-38-42(2)35-43(3)46(55)6)61(59)63-65(49-25-11-7-12-26-49)50-27-13-8-14-28-50/h7-18,25-32,35-40H,19-24,33-34H2,1-6H3. The van der Waals surface area contributed by atoms with Gasteiger partial charge in [0.15, 0.2) is 16.3 Å². The van der Waals surface area contributed by atoms with E-state index in [1.54, 1.807) is 0 Å². The van der Waals surface area contributed by atoms with Crippen molar-refractivity contribution in [3.63, 3.8) is 0 Å². The third-order valence-corrected chi connectivity index (χ3v) is 17.6. The van der Waals surface area contributed by atoms with Crippen LogP contribution >= 0.6 is 16.3 Å². The van der Waals surface area contributed by atoms with E-state index in [0.717, 1.165) is 50.0 Å². The van der Waals surface area contributed by atoms with Gasteiger partial charge in [-0.15, -0.1) is 0 Å². The maximum absolute atomic E-state index is 8.11. The molecular formula is C62H60O2P2. The topological polar surface area (TPSA) is 18.5 Å². The van der Waals surface area contributed by atoms with Crippen LogP contribution in [-0.2, 0) is 25.7 Å². The van der Waals surface area contributed by atoms with Crippen LogP contribution in [0.15, 0.2) is 158 Å². The van der Waals surface area contributed by atoms with Gasteiger partial charge in [0.05, 0.1) is 0 Å². The van der Waals surface area contributed by atoms with E-state index in [0.29, 0.717) is 0 Å². The van der Waals surface area contributed by atoms with Gasteiger partial charge in [-0.25, -0.2) is 0 Å². The zero-order valence-electron chi connectivity index (χ0n) is 39.4. The van der Waals surface area contributed by atoms with Crippen molar-refractivity contribution < 1.29 is 9.05 Å². The van der Waals surface area contributed by atoms with Crippen molar-refractivity contribution in [3.05, 3.63) is 213 Å². The SMILES string of the molecule is Cc1cc(C)c(-c2cc3c(c(-c4c5c(cc(-c6cc(C)cc(C)c6C)c4OP(c4ccccc4)c4ccccc4)CCCC5)c2OP(c2ccccc2)c2ccccc2)CCCC3)c(C)c1. The molecule has 8 aromatic rings. The second-order valence-electron chi connectivity index (χ2n) is 18.6. The van der Waals surface area contributed by atoms with Gasteiger partial charge >= 0.3 is 0 Å². The fraction of sp³-hybridized carbons (Fsp3) is 0.226. The fourth-order valence-corrected chi connectivity index (χ4v) is 14.3. The molecule has 0 atom stereocenters. The minimum atomic E-state index is -1.29. The highest BCUT2D eigenvalue weighted by molar-refractivity contribution is 7.69. The van der Waals surface area contributed by atoms with Crippen LogP contribution in [0, 0.1) is 41.5 Å². The third-order valence-electron chi connectivity index (χ3n) is 13.8. The maximum atomic E-state index is 8.11. The van der Waals surface area contributed by atoms with Crippen molar-refractivity contribution in [2.75, 3.05) is 0 Å². The number of hydrogen-bond donors (Lipinski definition) is 0. The molecule has 0 aliphatic heterocycles. The number of benzene rings is 8. The molecule has 2 aliphatic rings. The van der Waals surface area contributed by atoms with E-state index in [1.807, 2.05) is 0 Å². The smallest absolute Gasteiger partial charge is 0.150 e. The van der Waals surface area contributed by atoms with Crippen LogP contribution in [0.4, 0.5) is 0 Å². The molecule has 0 unspecified atom stereocenters. The third kappa shape index (κ3) is 8.68.